The van der Waals surface area contributed by atoms with Crippen molar-refractivity contribution in [2.45, 2.75) is 46.1 Å². The third kappa shape index (κ3) is 6.13. The maximum absolute atomic E-state index is 12.5. The van der Waals surface area contributed by atoms with Crippen molar-refractivity contribution in [1.82, 2.24) is 10.2 Å². The predicted molar refractivity (Wildman–Crippen MR) is 103 cm³/mol. The first-order chi connectivity index (χ1) is 12.5. The summed E-state index contributed by atoms with van der Waals surface area (Å²) in [7, 11) is 0. The molecule has 26 heavy (non-hydrogen) atoms. The van der Waals surface area contributed by atoms with Crippen LogP contribution in [0.15, 0.2) is 30.3 Å². The summed E-state index contributed by atoms with van der Waals surface area (Å²) in [5, 5.41) is 3.09. The molecule has 1 heterocycles. The highest BCUT2D eigenvalue weighted by Gasteiger charge is 2.26. The average molecular weight is 360 g/mol. The van der Waals surface area contributed by atoms with Crippen LogP contribution in [0.5, 0.6) is 0 Å². The highest BCUT2D eigenvalue weighted by molar-refractivity contribution is 5.80. The van der Waals surface area contributed by atoms with E-state index in [4.69, 9.17) is 4.74 Å². The number of piperidine rings is 1. The van der Waals surface area contributed by atoms with Crippen LogP contribution in [0.4, 0.5) is 0 Å². The molecule has 1 aromatic carbocycles. The van der Waals surface area contributed by atoms with Crippen molar-refractivity contribution >= 4 is 11.9 Å². The molecule has 0 spiro atoms. The van der Waals surface area contributed by atoms with E-state index >= 15 is 0 Å². The largest absolute Gasteiger partial charge is 0.465 e. The van der Waals surface area contributed by atoms with E-state index in [-0.39, 0.29) is 24.3 Å². The summed E-state index contributed by atoms with van der Waals surface area (Å²) in [4.78, 5) is 26.4. The van der Waals surface area contributed by atoms with Crippen LogP contribution >= 0.6 is 0 Å². The summed E-state index contributed by atoms with van der Waals surface area (Å²) >= 11 is 0. The topological polar surface area (TPSA) is 58.6 Å². The molecule has 0 unspecified atom stereocenters. The Hall–Kier alpha value is -1.88. The minimum atomic E-state index is -0.436. The number of carbonyl (C=O) groups is 2. The second-order valence-electron chi connectivity index (χ2n) is 7.37. The van der Waals surface area contributed by atoms with Gasteiger partial charge in [-0.2, -0.15) is 0 Å². The van der Waals surface area contributed by atoms with E-state index in [9.17, 15) is 9.59 Å². The lowest BCUT2D eigenvalue weighted by molar-refractivity contribution is -0.147. The number of esters is 1. The van der Waals surface area contributed by atoms with Gasteiger partial charge in [0.15, 0.2) is 0 Å². The Bertz CT molecular complexity index is 566. The van der Waals surface area contributed by atoms with E-state index in [1.54, 1.807) is 6.92 Å². The van der Waals surface area contributed by atoms with Crippen LogP contribution in [0.3, 0.4) is 0 Å². The zero-order chi connectivity index (χ0) is 18.9. The first kappa shape index (κ1) is 20.4. The van der Waals surface area contributed by atoms with E-state index in [0.717, 1.165) is 32.4 Å². The summed E-state index contributed by atoms with van der Waals surface area (Å²) in [6.07, 6.45) is 3.15. The van der Waals surface area contributed by atoms with Crippen molar-refractivity contribution in [1.29, 1.82) is 0 Å². The monoisotopic (exact) mass is 360 g/mol. The van der Waals surface area contributed by atoms with Crippen molar-refractivity contribution in [3.05, 3.63) is 35.9 Å². The summed E-state index contributed by atoms with van der Waals surface area (Å²) in [6.45, 7) is 7.83. The average Bonchev–Trinajstić information content (AvgIpc) is 2.63. The minimum absolute atomic E-state index is 0.0677. The number of benzene rings is 1. The first-order valence-electron chi connectivity index (χ1n) is 9.73. The number of likely N-dealkylation sites (tertiary alicyclic amines) is 1. The third-order valence-electron chi connectivity index (χ3n) is 5.01. The molecule has 144 valence electrons. The highest BCUT2D eigenvalue weighted by Crippen LogP contribution is 2.21. The first-order valence-corrected chi connectivity index (χ1v) is 9.73. The summed E-state index contributed by atoms with van der Waals surface area (Å²) in [5.74, 6) is 0.505. The van der Waals surface area contributed by atoms with Crippen molar-refractivity contribution in [2.24, 2.45) is 11.8 Å². The Kier molecular flexibility index (Phi) is 8.10. The Morgan fingerprint density at radius 2 is 1.85 bits per heavy atom. The van der Waals surface area contributed by atoms with Crippen molar-refractivity contribution < 1.29 is 14.3 Å². The smallest absolute Gasteiger partial charge is 0.323 e. The molecule has 1 saturated heterocycles. The molecule has 1 amide bonds. The molecule has 0 aromatic heterocycles. The fourth-order valence-corrected chi connectivity index (χ4v) is 3.47. The lowest BCUT2D eigenvalue weighted by atomic mass is 9.90. The molecule has 1 N–H and O–H groups in total. The van der Waals surface area contributed by atoms with E-state index < -0.39 is 6.04 Å². The molecular formula is C21H32N2O3. The number of nitrogens with zero attached hydrogens (tertiary/aromatic N) is 1. The molecule has 0 aliphatic carbocycles. The maximum Gasteiger partial charge on any atom is 0.323 e. The molecule has 1 aliphatic heterocycles. The molecular weight excluding hydrogens is 328 g/mol. The number of hydrogen-bond acceptors (Lipinski definition) is 4. The van der Waals surface area contributed by atoms with Crippen LogP contribution in [0.2, 0.25) is 0 Å². The van der Waals surface area contributed by atoms with Crippen LogP contribution < -0.4 is 5.32 Å². The van der Waals surface area contributed by atoms with Gasteiger partial charge in [0.05, 0.1) is 13.2 Å². The van der Waals surface area contributed by atoms with Gasteiger partial charge in [-0.05, 0) is 43.6 Å². The molecule has 5 heteroatoms. The predicted octanol–water partition coefficient (Wildman–Crippen LogP) is 2.65. The lowest BCUT2D eigenvalue weighted by Crippen LogP contribution is -2.49. The van der Waals surface area contributed by atoms with Gasteiger partial charge in [0.1, 0.15) is 6.04 Å². The van der Waals surface area contributed by atoms with Gasteiger partial charge < -0.3 is 9.64 Å². The van der Waals surface area contributed by atoms with Crippen LogP contribution in [0.1, 0.15) is 39.2 Å². The minimum Gasteiger partial charge on any atom is -0.465 e. The third-order valence-corrected chi connectivity index (χ3v) is 5.01. The van der Waals surface area contributed by atoms with Gasteiger partial charge >= 0.3 is 5.97 Å². The Labute approximate surface area is 157 Å². The highest BCUT2D eigenvalue weighted by atomic mass is 16.5. The van der Waals surface area contributed by atoms with Gasteiger partial charge in [-0.3, -0.25) is 14.9 Å². The summed E-state index contributed by atoms with van der Waals surface area (Å²) < 4.78 is 5.09. The standard InChI is InChI=1S/C21H32N2O3/c1-4-26-21(25)20(16(2)3)22-15-19(24)23-12-10-18(11-13-23)14-17-8-6-5-7-9-17/h5-9,16,18,20,22H,4,10-15H2,1-3H3/t20-/m1/s1. The molecule has 0 radical (unpaired) electrons. The Morgan fingerprint density at radius 1 is 1.19 bits per heavy atom. The van der Waals surface area contributed by atoms with Gasteiger partial charge in [0.25, 0.3) is 0 Å². The van der Waals surface area contributed by atoms with Crippen LogP contribution in [-0.4, -0.2) is 49.1 Å². The van der Waals surface area contributed by atoms with Crippen LogP contribution in [0.25, 0.3) is 0 Å². The number of amides is 1. The number of ether oxygens (including phenoxy) is 1. The zero-order valence-corrected chi connectivity index (χ0v) is 16.2. The second-order valence-corrected chi connectivity index (χ2v) is 7.37. The van der Waals surface area contributed by atoms with Crippen molar-refractivity contribution in [2.75, 3.05) is 26.2 Å². The molecule has 1 aromatic rings. The van der Waals surface area contributed by atoms with Gasteiger partial charge in [-0.15, -0.1) is 0 Å². The van der Waals surface area contributed by atoms with Gasteiger partial charge in [0.2, 0.25) is 5.91 Å². The summed E-state index contributed by atoms with van der Waals surface area (Å²) in [6, 6.07) is 10.1. The number of carbonyl (C=O) groups excluding carboxylic acids is 2. The number of hydrogen-bond donors (Lipinski definition) is 1. The van der Waals surface area contributed by atoms with Gasteiger partial charge in [0, 0.05) is 13.1 Å². The molecule has 1 aliphatic rings. The van der Waals surface area contributed by atoms with Crippen molar-refractivity contribution in [3.8, 4) is 0 Å². The quantitative estimate of drug-likeness (QED) is 0.724. The summed E-state index contributed by atoms with van der Waals surface area (Å²) in [5.41, 5.74) is 1.37. The van der Waals surface area contributed by atoms with E-state index in [2.05, 4.69) is 29.6 Å². The Balaban J connectivity index is 1.76. The molecule has 2 rings (SSSR count). The fraction of sp³-hybridized carbons (Fsp3) is 0.619. The second kappa shape index (κ2) is 10.3. The van der Waals surface area contributed by atoms with Crippen LogP contribution in [-0.2, 0) is 20.7 Å². The molecule has 1 fully saturated rings. The number of nitrogens with one attached hydrogen (secondary N) is 1. The molecule has 1 atom stereocenters. The van der Waals surface area contributed by atoms with Gasteiger partial charge in [-0.25, -0.2) is 0 Å². The SMILES string of the molecule is CCOC(=O)[C@H](NCC(=O)N1CCC(Cc2ccccc2)CC1)C(C)C. The molecule has 0 bridgehead atoms. The number of rotatable bonds is 8. The lowest BCUT2D eigenvalue weighted by Gasteiger charge is -2.32. The van der Waals surface area contributed by atoms with Gasteiger partial charge in [-0.1, -0.05) is 44.2 Å². The van der Waals surface area contributed by atoms with Crippen LogP contribution in [0, 0.1) is 11.8 Å². The fourth-order valence-electron chi connectivity index (χ4n) is 3.47. The zero-order valence-electron chi connectivity index (χ0n) is 16.2. The molecule has 0 saturated carbocycles. The Morgan fingerprint density at radius 3 is 2.42 bits per heavy atom. The normalized spacial score (nSPS) is 16.5. The van der Waals surface area contributed by atoms with E-state index in [0.29, 0.717) is 12.5 Å². The van der Waals surface area contributed by atoms with E-state index in [1.807, 2.05) is 24.8 Å². The molecule has 5 nitrogen and oxygen atoms in total. The maximum atomic E-state index is 12.5. The van der Waals surface area contributed by atoms with Crippen molar-refractivity contribution in [3.63, 3.8) is 0 Å². The van der Waals surface area contributed by atoms with E-state index in [1.165, 1.54) is 5.56 Å².